The maximum Gasteiger partial charge on any atom is 0.404 e. The number of halogens is 1. The Kier molecular flexibility index (Phi) is 7.53. The van der Waals surface area contributed by atoms with Crippen LogP contribution in [0.1, 0.15) is 43.2 Å². The number of nitrogens with one attached hydrogen (secondary N) is 1. The summed E-state index contributed by atoms with van der Waals surface area (Å²) in [5.74, 6) is 0.0556. The van der Waals surface area contributed by atoms with Crippen molar-refractivity contribution in [2.45, 2.75) is 43.6 Å². The molecule has 2 aliphatic heterocycles. The first-order chi connectivity index (χ1) is 18.4. The Morgan fingerprint density at radius 3 is 2.45 bits per heavy atom. The van der Waals surface area contributed by atoms with E-state index in [1.165, 1.54) is 12.1 Å². The summed E-state index contributed by atoms with van der Waals surface area (Å²) in [6.45, 7) is 4.73. The van der Waals surface area contributed by atoms with Gasteiger partial charge in [0.25, 0.3) is 0 Å². The van der Waals surface area contributed by atoms with Crippen LogP contribution < -0.4 is 10.2 Å². The summed E-state index contributed by atoms with van der Waals surface area (Å²) in [7, 11) is 0. The molecular formula is C30H34FN5O2. The van der Waals surface area contributed by atoms with Gasteiger partial charge in [-0.2, -0.15) is 10.5 Å². The number of carbonyl (C=O) groups is 1. The fourth-order valence-corrected chi connectivity index (χ4v) is 7.15. The van der Waals surface area contributed by atoms with E-state index in [9.17, 15) is 19.6 Å². The number of piperidine rings is 1. The molecule has 2 heterocycles. The first-order valence-electron chi connectivity index (χ1n) is 13.6. The van der Waals surface area contributed by atoms with Gasteiger partial charge in [0, 0.05) is 43.2 Å². The monoisotopic (exact) mass is 515 g/mol. The molecule has 3 fully saturated rings. The fourth-order valence-electron chi connectivity index (χ4n) is 7.15. The normalized spacial score (nSPS) is 24.1. The van der Waals surface area contributed by atoms with E-state index in [0.29, 0.717) is 23.5 Å². The molecule has 3 aliphatic rings. The Labute approximate surface area is 223 Å². The lowest BCUT2D eigenvalue weighted by molar-refractivity contribution is 0.0949. The van der Waals surface area contributed by atoms with Crippen molar-refractivity contribution in [2.24, 2.45) is 17.8 Å². The molecule has 1 amide bonds. The summed E-state index contributed by atoms with van der Waals surface area (Å²) < 4.78 is 14.4. The van der Waals surface area contributed by atoms with Crippen molar-refractivity contribution in [3.63, 3.8) is 0 Å². The van der Waals surface area contributed by atoms with Crippen LogP contribution in [0.25, 0.3) is 0 Å². The Morgan fingerprint density at radius 2 is 1.82 bits per heavy atom. The largest absolute Gasteiger partial charge is 0.465 e. The van der Waals surface area contributed by atoms with E-state index in [-0.39, 0.29) is 23.7 Å². The number of anilines is 1. The molecule has 0 aromatic heterocycles. The summed E-state index contributed by atoms with van der Waals surface area (Å²) in [4.78, 5) is 16.3. The maximum atomic E-state index is 14.4. The maximum absolute atomic E-state index is 14.4. The third-order valence-electron chi connectivity index (χ3n) is 8.96. The van der Waals surface area contributed by atoms with Crippen LogP contribution in [0.15, 0.2) is 48.5 Å². The number of hydrogen-bond acceptors (Lipinski definition) is 5. The number of carboxylic acid groups (broad SMARTS) is 1. The molecule has 0 spiro atoms. The molecule has 1 unspecified atom stereocenters. The van der Waals surface area contributed by atoms with E-state index in [1.54, 1.807) is 6.07 Å². The van der Waals surface area contributed by atoms with E-state index < -0.39 is 11.5 Å². The highest BCUT2D eigenvalue weighted by atomic mass is 19.1. The number of likely N-dealkylation sites (tertiary alicyclic amines) is 1. The number of nitrogens with zero attached hydrogens (tertiary/aromatic N) is 4. The summed E-state index contributed by atoms with van der Waals surface area (Å²) >= 11 is 0. The molecule has 7 nitrogen and oxygen atoms in total. The van der Waals surface area contributed by atoms with E-state index >= 15 is 0 Å². The molecule has 1 saturated carbocycles. The van der Waals surface area contributed by atoms with Gasteiger partial charge in [-0.15, -0.1) is 0 Å². The SMILES string of the molecule is N#Cc1ccc(N2CC(CN3CCC(C(C#N)(c4cccc(F)c4)[C@H]4CCC[C@@H]4NC(=O)O)CC3)C2)cc1. The van der Waals surface area contributed by atoms with Gasteiger partial charge in [-0.25, -0.2) is 9.18 Å². The molecule has 3 atom stereocenters. The molecule has 198 valence electrons. The summed E-state index contributed by atoms with van der Waals surface area (Å²) in [6.07, 6.45) is 2.89. The summed E-state index contributed by atoms with van der Waals surface area (Å²) in [5.41, 5.74) is 1.57. The molecule has 38 heavy (non-hydrogen) atoms. The Balaban J connectivity index is 1.26. The Hall–Kier alpha value is -3.62. The molecule has 0 radical (unpaired) electrons. The first kappa shape index (κ1) is 26.0. The molecule has 2 saturated heterocycles. The van der Waals surface area contributed by atoms with Crippen LogP contribution in [0, 0.1) is 46.2 Å². The molecule has 2 aromatic carbocycles. The number of rotatable bonds is 7. The van der Waals surface area contributed by atoms with E-state index in [0.717, 1.165) is 64.1 Å². The minimum Gasteiger partial charge on any atom is -0.465 e. The van der Waals surface area contributed by atoms with Crippen molar-refractivity contribution >= 4 is 11.8 Å². The molecular weight excluding hydrogens is 481 g/mol. The van der Waals surface area contributed by atoms with Crippen LogP contribution in [0.3, 0.4) is 0 Å². The van der Waals surface area contributed by atoms with Gasteiger partial charge < -0.3 is 20.2 Å². The number of benzene rings is 2. The van der Waals surface area contributed by atoms with Crippen LogP contribution >= 0.6 is 0 Å². The average molecular weight is 516 g/mol. The zero-order valence-electron chi connectivity index (χ0n) is 21.5. The first-order valence-corrected chi connectivity index (χ1v) is 13.6. The van der Waals surface area contributed by atoms with Crippen LogP contribution in [0.2, 0.25) is 0 Å². The minimum absolute atomic E-state index is 0.0308. The van der Waals surface area contributed by atoms with Gasteiger partial charge in [0.2, 0.25) is 0 Å². The van der Waals surface area contributed by atoms with Crippen LogP contribution in [-0.4, -0.2) is 54.9 Å². The highest BCUT2D eigenvalue weighted by molar-refractivity contribution is 5.65. The average Bonchev–Trinajstić information content (AvgIpc) is 3.35. The van der Waals surface area contributed by atoms with Gasteiger partial charge in [0.15, 0.2) is 0 Å². The van der Waals surface area contributed by atoms with Gasteiger partial charge >= 0.3 is 6.09 Å². The van der Waals surface area contributed by atoms with Gasteiger partial charge in [0.1, 0.15) is 5.82 Å². The molecule has 8 heteroatoms. The van der Waals surface area contributed by atoms with Gasteiger partial charge in [0.05, 0.1) is 23.1 Å². The summed E-state index contributed by atoms with van der Waals surface area (Å²) in [5, 5.41) is 31.8. The van der Waals surface area contributed by atoms with Crippen LogP contribution in [-0.2, 0) is 5.41 Å². The number of nitriles is 2. The second-order valence-electron chi connectivity index (χ2n) is 11.1. The van der Waals surface area contributed by atoms with E-state index in [2.05, 4.69) is 27.3 Å². The smallest absolute Gasteiger partial charge is 0.404 e. The van der Waals surface area contributed by atoms with Crippen LogP contribution in [0.5, 0.6) is 0 Å². The predicted molar refractivity (Wildman–Crippen MR) is 142 cm³/mol. The lowest BCUT2D eigenvalue weighted by Crippen LogP contribution is -2.55. The zero-order chi connectivity index (χ0) is 26.7. The lowest BCUT2D eigenvalue weighted by atomic mass is 9.59. The van der Waals surface area contributed by atoms with Crippen molar-refractivity contribution in [3.05, 3.63) is 65.5 Å². The van der Waals surface area contributed by atoms with Gasteiger partial charge in [-0.3, -0.25) is 0 Å². The quantitative estimate of drug-likeness (QED) is 0.552. The van der Waals surface area contributed by atoms with Gasteiger partial charge in [-0.05, 0) is 86.7 Å². The van der Waals surface area contributed by atoms with Crippen LogP contribution in [0.4, 0.5) is 14.9 Å². The van der Waals surface area contributed by atoms with Gasteiger partial charge in [-0.1, -0.05) is 18.6 Å². The Bertz CT molecular complexity index is 1220. The third kappa shape index (κ3) is 5.06. The van der Waals surface area contributed by atoms with Crippen molar-refractivity contribution in [2.75, 3.05) is 37.6 Å². The Morgan fingerprint density at radius 1 is 1.08 bits per heavy atom. The zero-order valence-corrected chi connectivity index (χ0v) is 21.5. The topological polar surface area (TPSA) is 103 Å². The van der Waals surface area contributed by atoms with Crippen molar-refractivity contribution in [1.29, 1.82) is 10.5 Å². The number of hydrogen-bond donors (Lipinski definition) is 2. The van der Waals surface area contributed by atoms with E-state index in [1.807, 2.05) is 30.3 Å². The molecule has 1 aliphatic carbocycles. The lowest BCUT2D eigenvalue weighted by Gasteiger charge is -2.48. The highest BCUT2D eigenvalue weighted by Crippen LogP contribution is 2.50. The third-order valence-corrected chi connectivity index (χ3v) is 8.96. The van der Waals surface area contributed by atoms with Crippen molar-refractivity contribution in [3.8, 4) is 12.1 Å². The highest BCUT2D eigenvalue weighted by Gasteiger charge is 2.52. The fraction of sp³-hybridized carbons (Fsp3) is 0.500. The van der Waals surface area contributed by atoms with E-state index in [4.69, 9.17) is 5.26 Å². The summed E-state index contributed by atoms with van der Waals surface area (Å²) in [6, 6.07) is 18.6. The second kappa shape index (κ2) is 11.0. The second-order valence-corrected chi connectivity index (χ2v) is 11.1. The number of amides is 1. The minimum atomic E-state index is -1.07. The molecule has 0 bridgehead atoms. The standard InChI is InChI=1S/C30H34FN5O2/c31-25-4-1-3-24(15-25)30(20-33,27-5-2-6-28(27)34-29(37)38)23-11-13-35(14-12-23)17-22-18-36(19-22)26-9-7-21(16-32)8-10-26/h1,3-4,7-10,15,22-23,27-28,34H,2,5-6,11-14,17-19H2,(H,37,38)/t27-,28-,30?/m0/s1. The molecule has 5 rings (SSSR count). The molecule has 2 N–H and O–H groups in total. The molecule has 2 aromatic rings. The van der Waals surface area contributed by atoms with Crippen molar-refractivity contribution in [1.82, 2.24) is 10.2 Å². The van der Waals surface area contributed by atoms with Crippen molar-refractivity contribution < 1.29 is 14.3 Å². The predicted octanol–water partition coefficient (Wildman–Crippen LogP) is 4.74.